The molecular formula is C12H9KO7S2. The van der Waals surface area contributed by atoms with E-state index in [4.69, 9.17) is 4.55 Å². The molecule has 0 bridgehead atoms. The Balaban J connectivity index is 0.00000242. The zero-order valence-electron chi connectivity index (χ0n) is 11.3. The zero-order valence-corrected chi connectivity index (χ0v) is 16.0. The Kier molecular flexibility index (Phi) is 6.20. The van der Waals surface area contributed by atoms with Gasteiger partial charge in [-0.15, -0.1) is 5.75 Å². The van der Waals surface area contributed by atoms with Crippen molar-refractivity contribution in [3.63, 3.8) is 0 Å². The van der Waals surface area contributed by atoms with Crippen molar-refractivity contribution in [2.45, 2.75) is 14.7 Å². The van der Waals surface area contributed by atoms with Crippen LogP contribution in [0.4, 0.5) is 0 Å². The number of hydrogen-bond acceptors (Lipinski definition) is 6. The Labute approximate surface area is 169 Å². The van der Waals surface area contributed by atoms with E-state index < -0.39 is 35.5 Å². The molecular weight excluding hydrogens is 359 g/mol. The quantitative estimate of drug-likeness (QED) is 0.454. The second-order valence-corrected chi connectivity index (χ2v) is 7.42. The number of rotatable bonds is 3. The van der Waals surface area contributed by atoms with Gasteiger partial charge in [0.1, 0.15) is 10.6 Å². The molecule has 0 unspecified atom stereocenters. The van der Waals surface area contributed by atoms with E-state index in [1.165, 1.54) is 0 Å². The number of phenolic OH excluding ortho intramolecular Hbond substituents is 1. The van der Waals surface area contributed by atoms with E-state index in [1.807, 2.05) is 0 Å². The predicted molar refractivity (Wildman–Crippen MR) is 69.3 cm³/mol. The van der Waals surface area contributed by atoms with Crippen LogP contribution >= 0.6 is 0 Å². The molecule has 112 valence electrons. The summed E-state index contributed by atoms with van der Waals surface area (Å²) < 4.78 is 55.6. The number of phenols is 1. The van der Waals surface area contributed by atoms with Gasteiger partial charge in [-0.3, -0.25) is 4.55 Å². The SMILES string of the molecule is O=S(=O)(O)c1cc(S(=O)(=O)c2ccc([O-])cc2)ccc1O.[K+]. The molecule has 0 aliphatic heterocycles. The molecule has 2 N–H and O–H groups in total. The van der Waals surface area contributed by atoms with Crippen LogP contribution in [0, 0.1) is 0 Å². The number of benzene rings is 2. The van der Waals surface area contributed by atoms with Gasteiger partial charge in [-0.1, -0.05) is 12.1 Å². The molecule has 0 aromatic heterocycles. The number of aromatic hydroxyl groups is 1. The van der Waals surface area contributed by atoms with Crippen LogP contribution in [-0.2, 0) is 20.0 Å². The van der Waals surface area contributed by atoms with Crippen LogP contribution in [0.1, 0.15) is 0 Å². The maximum absolute atomic E-state index is 12.3. The molecule has 0 aliphatic rings. The standard InChI is InChI=1S/C12H10O7S2.K/c13-8-1-3-9(4-2-8)20(15,16)10-5-6-11(14)12(7-10)21(17,18)19;/h1-7,13-14H,(H,17,18,19);/q;+1/p-1. The molecule has 10 heteroatoms. The summed E-state index contributed by atoms with van der Waals surface area (Å²) in [6.07, 6.45) is 0. The van der Waals surface area contributed by atoms with Crippen molar-refractivity contribution in [2.24, 2.45) is 0 Å². The average molecular weight is 368 g/mol. The van der Waals surface area contributed by atoms with Crippen LogP contribution in [-0.4, -0.2) is 26.5 Å². The molecule has 0 amide bonds. The van der Waals surface area contributed by atoms with Gasteiger partial charge in [0, 0.05) is 0 Å². The van der Waals surface area contributed by atoms with E-state index in [0.29, 0.717) is 6.07 Å². The molecule has 0 heterocycles. The minimum absolute atomic E-state index is 0. The summed E-state index contributed by atoms with van der Waals surface area (Å²) in [6.45, 7) is 0. The van der Waals surface area contributed by atoms with Crippen LogP contribution in [0.25, 0.3) is 0 Å². The second-order valence-electron chi connectivity index (χ2n) is 4.08. The average Bonchev–Trinajstić information content (AvgIpc) is 2.38. The van der Waals surface area contributed by atoms with Crippen molar-refractivity contribution < 1.29 is 83.0 Å². The Morgan fingerprint density at radius 1 is 0.864 bits per heavy atom. The Morgan fingerprint density at radius 3 is 1.86 bits per heavy atom. The van der Waals surface area contributed by atoms with Gasteiger partial charge in [0.25, 0.3) is 10.1 Å². The molecule has 0 spiro atoms. The van der Waals surface area contributed by atoms with Crippen LogP contribution in [0.15, 0.2) is 57.2 Å². The number of sulfone groups is 1. The fourth-order valence-corrected chi connectivity index (χ4v) is 3.59. The Hall–Kier alpha value is -0.464. The minimum atomic E-state index is -4.77. The zero-order chi connectivity index (χ0) is 15.8. The normalized spacial score (nSPS) is 11.7. The fourth-order valence-electron chi connectivity index (χ4n) is 1.62. The molecule has 0 saturated carbocycles. The van der Waals surface area contributed by atoms with Gasteiger partial charge >= 0.3 is 51.4 Å². The first-order valence-electron chi connectivity index (χ1n) is 5.45. The van der Waals surface area contributed by atoms with Crippen LogP contribution in [0.5, 0.6) is 11.5 Å². The molecule has 2 aromatic rings. The smallest absolute Gasteiger partial charge is 0.872 e. The van der Waals surface area contributed by atoms with Crippen LogP contribution < -0.4 is 56.5 Å². The third-order valence-corrected chi connectivity index (χ3v) is 5.30. The molecule has 0 aliphatic carbocycles. The first-order chi connectivity index (χ1) is 9.62. The van der Waals surface area contributed by atoms with Gasteiger partial charge < -0.3 is 10.2 Å². The van der Waals surface area contributed by atoms with Gasteiger partial charge in [0.15, 0.2) is 0 Å². The summed E-state index contributed by atoms with van der Waals surface area (Å²) in [6, 6.07) is 6.75. The molecule has 2 rings (SSSR count). The summed E-state index contributed by atoms with van der Waals surface area (Å²) in [5, 5.41) is 20.3. The molecule has 0 saturated heterocycles. The first-order valence-corrected chi connectivity index (χ1v) is 8.37. The van der Waals surface area contributed by atoms with Crippen LogP contribution in [0.2, 0.25) is 0 Å². The van der Waals surface area contributed by atoms with Gasteiger partial charge in [-0.2, -0.15) is 8.42 Å². The molecule has 0 fully saturated rings. The molecule has 0 radical (unpaired) electrons. The van der Waals surface area contributed by atoms with E-state index in [1.54, 1.807) is 0 Å². The van der Waals surface area contributed by atoms with E-state index in [2.05, 4.69) is 0 Å². The molecule has 7 nitrogen and oxygen atoms in total. The minimum Gasteiger partial charge on any atom is -0.872 e. The summed E-state index contributed by atoms with van der Waals surface area (Å²) in [5.41, 5.74) is 0. The third kappa shape index (κ3) is 4.09. The third-order valence-electron chi connectivity index (χ3n) is 2.65. The van der Waals surface area contributed by atoms with Crippen LogP contribution in [0.3, 0.4) is 0 Å². The molecule has 22 heavy (non-hydrogen) atoms. The van der Waals surface area contributed by atoms with Gasteiger partial charge in [-0.25, -0.2) is 8.42 Å². The van der Waals surface area contributed by atoms with Gasteiger partial charge in [0.05, 0.1) is 9.79 Å². The summed E-state index contributed by atoms with van der Waals surface area (Å²) in [7, 11) is -8.85. The maximum Gasteiger partial charge on any atom is 1.00 e. The monoisotopic (exact) mass is 368 g/mol. The largest absolute Gasteiger partial charge is 1.00 e. The summed E-state index contributed by atoms with van der Waals surface area (Å²) in [4.78, 5) is -1.57. The Bertz CT molecular complexity index is 888. The van der Waals surface area contributed by atoms with E-state index in [0.717, 1.165) is 36.4 Å². The summed E-state index contributed by atoms with van der Waals surface area (Å²) in [5.74, 6) is -1.15. The van der Waals surface area contributed by atoms with Crippen molar-refractivity contribution in [1.82, 2.24) is 0 Å². The Morgan fingerprint density at radius 2 is 1.36 bits per heavy atom. The van der Waals surface area contributed by atoms with E-state index >= 15 is 0 Å². The van der Waals surface area contributed by atoms with Crippen molar-refractivity contribution in [1.29, 1.82) is 0 Å². The maximum atomic E-state index is 12.3. The van der Waals surface area contributed by atoms with E-state index in [9.17, 15) is 27.0 Å². The predicted octanol–water partition coefficient (Wildman–Crippen LogP) is -2.45. The van der Waals surface area contributed by atoms with Crippen molar-refractivity contribution in [2.75, 3.05) is 0 Å². The van der Waals surface area contributed by atoms with Crippen molar-refractivity contribution in [3.05, 3.63) is 42.5 Å². The topological polar surface area (TPSA) is 132 Å². The molecule has 2 aromatic carbocycles. The second kappa shape index (κ2) is 6.97. The van der Waals surface area contributed by atoms with Crippen molar-refractivity contribution in [3.8, 4) is 11.5 Å². The fraction of sp³-hybridized carbons (Fsp3) is 0. The first kappa shape index (κ1) is 19.6. The van der Waals surface area contributed by atoms with E-state index in [-0.39, 0.29) is 62.0 Å². The number of hydrogen-bond donors (Lipinski definition) is 2. The molecule has 0 atom stereocenters. The van der Waals surface area contributed by atoms with Gasteiger partial charge in [0.2, 0.25) is 9.84 Å². The summed E-state index contributed by atoms with van der Waals surface area (Å²) >= 11 is 0. The van der Waals surface area contributed by atoms with Crippen molar-refractivity contribution >= 4 is 20.0 Å². The van der Waals surface area contributed by atoms with Gasteiger partial charge in [-0.05, 0) is 30.3 Å².